The minimum Gasteiger partial charge on any atom is -0.507 e. The highest BCUT2D eigenvalue weighted by Gasteiger charge is 2.03. The fourth-order valence-electron chi connectivity index (χ4n) is 1.57. The lowest BCUT2D eigenvalue weighted by Crippen LogP contribution is -2.17. The van der Waals surface area contributed by atoms with Crippen LogP contribution in [0.2, 0.25) is 0 Å². The molecule has 0 spiro atoms. The summed E-state index contributed by atoms with van der Waals surface area (Å²) in [5.41, 5.74) is 3.91. The Bertz CT molecular complexity index is 731. The second-order valence-corrected chi connectivity index (χ2v) is 5.04. The molecular weight excluding hydrogens is 332 g/mol. The summed E-state index contributed by atoms with van der Waals surface area (Å²) in [5.74, 6) is 2.09. The maximum atomic E-state index is 11.8. The molecule has 0 saturated heterocycles. The molecule has 1 amide bonds. The lowest BCUT2D eigenvalue weighted by molar-refractivity contribution is 0.0955. The van der Waals surface area contributed by atoms with E-state index in [1.165, 1.54) is 12.3 Å². The van der Waals surface area contributed by atoms with E-state index in [-0.39, 0.29) is 11.7 Å². The molecule has 0 aliphatic heterocycles. The number of rotatable bonds is 3. The first-order valence-electron chi connectivity index (χ1n) is 5.99. The van der Waals surface area contributed by atoms with Crippen molar-refractivity contribution in [2.45, 2.75) is 0 Å². The average molecular weight is 343 g/mol. The summed E-state index contributed by atoms with van der Waals surface area (Å²) in [6, 6.07) is 11.6. The lowest BCUT2D eigenvalue weighted by Gasteiger charge is -2.01. The lowest BCUT2D eigenvalue weighted by atomic mass is 10.1. The van der Waals surface area contributed by atoms with E-state index in [1.807, 2.05) is 0 Å². The van der Waals surface area contributed by atoms with Gasteiger partial charge in [-0.3, -0.25) is 4.79 Å². The van der Waals surface area contributed by atoms with E-state index < -0.39 is 0 Å². The van der Waals surface area contributed by atoms with Crippen molar-refractivity contribution < 1.29 is 9.90 Å². The third-order valence-electron chi connectivity index (χ3n) is 2.67. The Morgan fingerprint density at radius 3 is 2.62 bits per heavy atom. The van der Waals surface area contributed by atoms with Gasteiger partial charge in [-0.25, -0.2) is 5.43 Å². The summed E-state index contributed by atoms with van der Waals surface area (Å²) in [4.78, 5) is 11.8. The zero-order valence-electron chi connectivity index (χ0n) is 10.9. The molecule has 4 nitrogen and oxygen atoms in total. The molecular formula is C16H11BrN2O2. The van der Waals surface area contributed by atoms with Gasteiger partial charge in [0.05, 0.1) is 6.21 Å². The van der Waals surface area contributed by atoms with E-state index >= 15 is 0 Å². The fraction of sp³-hybridized carbons (Fsp3) is 0. The van der Waals surface area contributed by atoms with Crippen LogP contribution < -0.4 is 5.43 Å². The minimum absolute atomic E-state index is 0.00657. The number of halogens is 1. The van der Waals surface area contributed by atoms with Gasteiger partial charge in [-0.15, -0.1) is 6.42 Å². The largest absolute Gasteiger partial charge is 0.507 e. The van der Waals surface area contributed by atoms with Crippen molar-refractivity contribution in [2.24, 2.45) is 5.10 Å². The van der Waals surface area contributed by atoms with E-state index in [0.717, 1.165) is 4.47 Å². The Labute approximate surface area is 130 Å². The van der Waals surface area contributed by atoms with Crippen LogP contribution in [-0.4, -0.2) is 17.2 Å². The quantitative estimate of drug-likeness (QED) is 0.511. The molecule has 0 aliphatic rings. The maximum absolute atomic E-state index is 11.8. The first-order chi connectivity index (χ1) is 10.1. The van der Waals surface area contributed by atoms with E-state index in [2.05, 4.69) is 32.4 Å². The maximum Gasteiger partial charge on any atom is 0.271 e. The SMILES string of the molecule is C#Cc1ccc(/C=N/NC(=O)c2ccc(Br)cc2)c(O)c1. The summed E-state index contributed by atoms with van der Waals surface area (Å²) in [7, 11) is 0. The van der Waals surface area contributed by atoms with E-state index in [1.54, 1.807) is 36.4 Å². The van der Waals surface area contributed by atoms with Crippen molar-refractivity contribution >= 4 is 28.1 Å². The van der Waals surface area contributed by atoms with Gasteiger partial charge in [0.25, 0.3) is 5.91 Å². The molecule has 2 N–H and O–H groups in total. The van der Waals surface area contributed by atoms with Crippen molar-refractivity contribution in [3.8, 4) is 18.1 Å². The third-order valence-corrected chi connectivity index (χ3v) is 3.20. The topological polar surface area (TPSA) is 61.7 Å². The Balaban J connectivity index is 2.04. The van der Waals surface area contributed by atoms with Gasteiger partial charge in [-0.05, 0) is 42.5 Å². The second kappa shape index (κ2) is 6.73. The van der Waals surface area contributed by atoms with Crippen molar-refractivity contribution in [1.29, 1.82) is 0 Å². The smallest absolute Gasteiger partial charge is 0.271 e. The molecule has 2 aromatic carbocycles. The number of aromatic hydroxyl groups is 1. The number of nitrogens with zero attached hydrogens (tertiary/aromatic N) is 1. The van der Waals surface area contributed by atoms with Gasteiger partial charge in [0.2, 0.25) is 0 Å². The number of phenolic OH excluding ortho intramolecular Hbond substituents is 1. The van der Waals surface area contributed by atoms with Crippen LogP contribution in [0, 0.1) is 12.3 Å². The predicted molar refractivity (Wildman–Crippen MR) is 85.2 cm³/mol. The summed E-state index contributed by atoms with van der Waals surface area (Å²) in [6.45, 7) is 0. The highest BCUT2D eigenvalue weighted by atomic mass is 79.9. The van der Waals surface area contributed by atoms with Gasteiger partial charge in [0.15, 0.2) is 0 Å². The third kappa shape index (κ3) is 3.94. The number of carbonyl (C=O) groups is 1. The Morgan fingerprint density at radius 2 is 2.00 bits per heavy atom. The molecule has 0 saturated carbocycles. The number of phenols is 1. The van der Waals surface area contributed by atoms with E-state index in [4.69, 9.17) is 6.42 Å². The zero-order chi connectivity index (χ0) is 15.2. The number of amides is 1. The van der Waals surface area contributed by atoms with Crippen LogP contribution in [0.4, 0.5) is 0 Å². The fourth-order valence-corrected chi connectivity index (χ4v) is 1.83. The summed E-state index contributed by atoms with van der Waals surface area (Å²) in [5, 5.41) is 13.5. The van der Waals surface area contributed by atoms with Gasteiger partial charge in [0, 0.05) is 21.2 Å². The molecule has 104 valence electrons. The normalized spacial score (nSPS) is 10.3. The van der Waals surface area contributed by atoms with Gasteiger partial charge in [-0.1, -0.05) is 21.9 Å². The molecule has 0 heterocycles. The highest BCUT2D eigenvalue weighted by molar-refractivity contribution is 9.10. The number of hydrazone groups is 1. The summed E-state index contributed by atoms with van der Waals surface area (Å²) >= 11 is 3.29. The number of carbonyl (C=O) groups excluding carboxylic acids is 1. The van der Waals surface area contributed by atoms with Gasteiger partial charge in [0.1, 0.15) is 5.75 Å². The predicted octanol–water partition coefficient (Wildman–Crippen LogP) is 2.90. The van der Waals surface area contributed by atoms with Crippen LogP contribution in [-0.2, 0) is 0 Å². The van der Waals surface area contributed by atoms with Crippen molar-refractivity contribution in [3.05, 3.63) is 63.6 Å². The van der Waals surface area contributed by atoms with Crippen LogP contribution in [0.5, 0.6) is 5.75 Å². The molecule has 0 unspecified atom stereocenters. The Kier molecular flexibility index (Phi) is 4.75. The zero-order valence-corrected chi connectivity index (χ0v) is 12.5. The van der Waals surface area contributed by atoms with Gasteiger partial charge >= 0.3 is 0 Å². The number of benzene rings is 2. The molecule has 21 heavy (non-hydrogen) atoms. The first-order valence-corrected chi connectivity index (χ1v) is 6.78. The molecule has 0 bridgehead atoms. The summed E-state index contributed by atoms with van der Waals surface area (Å²) in [6.07, 6.45) is 6.58. The van der Waals surface area contributed by atoms with Gasteiger partial charge < -0.3 is 5.11 Å². The molecule has 2 rings (SSSR count). The van der Waals surface area contributed by atoms with Crippen LogP contribution >= 0.6 is 15.9 Å². The molecule has 0 aliphatic carbocycles. The number of hydrogen-bond donors (Lipinski definition) is 2. The molecule has 0 fully saturated rings. The first kappa shape index (κ1) is 14.8. The number of terminal acetylenes is 1. The number of nitrogens with one attached hydrogen (secondary N) is 1. The molecule has 0 atom stereocenters. The van der Waals surface area contributed by atoms with Crippen LogP contribution in [0.25, 0.3) is 0 Å². The molecule has 5 heteroatoms. The van der Waals surface area contributed by atoms with E-state index in [9.17, 15) is 9.90 Å². The second-order valence-electron chi connectivity index (χ2n) is 4.12. The van der Waals surface area contributed by atoms with E-state index in [0.29, 0.717) is 16.7 Å². The molecule has 0 aromatic heterocycles. The molecule has 2 aromatic rings. The molecule has 0 radical (unpaired) electrons. The number of hydrogen-bond acceptors (Lipinski definition) is 3. The minimum atomic E-state index is -0.335. The van der Waals surface area contributed by atoms with Crippen molar-refractivity contribution in [1.82, 2.24) is 5.43 Å². The Hall–Kier alpha value is -2.58. The van der Waals surface area contributed by atoms with Gasteiger partial charge in [-0.2, -0.15) is 5.10 Å². The van der Waals surface area contributed by atoms with Crippen molar-refractivity contribution in [3.63, 3.8) is 0 Å². The average Bonchev–Trinajstić information content (AvgIpc) is 2.49. The van der Waals surface area contributed by atoms with Crippen LogP contribution in [0.1, 0.15) is 21.5 Å². The van der Waals surface area contributed by atoms with Crippen molar-refractivity contribution in [2.75, 3.05) is 0 Å². The highest BCUT2D eigenvalue weighted by Crippen LogP contribution is 2.16. The van der Waals surface area contributed by atoms with Crippen LogP contribution in [0.15, 0.2) is 52.0 Å². The summed E-state index contributed by atoms with van der Waals surface area (Å²) < 4.78 is 0.890. The Morgan fingerprint density at radius 1 is 1.29 bits per heavy atom. The van der Waals surface area contributed by atoms with Crippen LogP contribution in [0.3, 0.4) is 0 Å². The monoisotopic (exact) mass is 342 g/mol. The standard InChI is InChI=1S/C16H11BrN2O2/c1-2-11-3-4-13(15(20)9-11)10-18-19-16(21)12-5-7-14(17)8-6-12/h1,3-10,20H,(H,19,21)/b18-10+.